The van der Waals surface area contributed by atoms with Crippen LogP contribution in [0.1, 0.15) is 17.3 Å². The fourth-order valence-corrected chi connectivity index (χ4v) is 1.30. The van der Waals surface area contributed by atoms with Gasteiger partial charge in [-0.3, -0.25) is 4.79 Å². The molecule has 0 bridgehead atoms. The van der Waals surface area contributed by atoms with Gasteiger partial charge < -0.3 is 15.8 Å². The number of rotatable bonds is 6. The van der Waals surface area contributed by atoms with Crippen LogP contribution in [0.15, 0.2) is 36.4 Å². The smallest absolute Gasteiger partial charge is 0.251 e. The molecule has 0 aromatic heterocycles. The molecule has 0 aliphatic carbocycles. The summed E-state index contributed by atoms with van der Waals surface area (Å²) in [7, 11) is 0. The summed E-state index contributed by atoms with van der Waals surface area (Å²) in [6, 6.07) is 7.06. The second-order valence-electron chi connectivity index (χ2n) is 3.37. The van der Waals surface area contributed by atoms with Crippen LogP contribution in [0, 0.1) is 0 Å². The Kier molecular flexibility index (Phi) is 5.82. The number of hydrogen-bond donors (Lipinski definition) is 2. The molecule has 4 nitrogen and oxygen atoms in total. The van der Waals surface area contributed by atoms with Crippen LogP contribution < -0.4 is 15.8 Å². The number of ether oxygens (including phenoxy) is 1. The predicted octanol–water partition coefficient (Wildman–Crippen LogP) is 1.33. The van der Waals surface area contributed by atoms with Crippen molar-refractivity contribution >= 4 is 5.91 Å². The van der Waals surface area contributed by atoms with Gasteiger partial charge in [0.25, 0.3) is 5.91 Å². The standard InChI is InChI=1S/C13H18N2O2/c1-2-17-12-7-5-11(6-8-12)13(16)15-10-4-3-9-14/h3-8H,2,9-10,14H2,1H3,(H,15,16)/b4-3+. The van der Waals surface area contributed by atoms with E-state index in [1.165, 1.54) is 0 Å². The molecule has 4 heteroatoms. The molecule has 1 amide bonds. The maximum absolute atomic E-state index is 11.7. The van der Waals surface area contributed by atoms with Crippen molar-refractivity contribution in [2.75, 3.05) is 19.7 Å². The van der Waals surface area contributed by atoms with Crippen molar-refractivity contribution in [2.45, 2.75) is 6.92 Å². The minimum atomic E-state index is -0.102. The number of nitrogens with one attached hydrogen (secondary N) is 1. The largest absolute Gasteiger partial charge is 0.494 e. The fraction of sp³-hybridized carbons (Fsp3) is 0.308. The molecule has 3 N–H and O–H groups in total. The van der Waals surface area contributed by atoms with Crippen LogP contribution >= 0.6 is 0 Å². The highest BCUT2D eigenvalue weighted by molar-refractivity contribution is 5.94. The molecular formula is C13H18N2O2. The van der Waals surface area contributed by atoms with E-state index in [0.29, 0.717) is 25.3 Å². The molecule has 0 saturated carbocycles. The van der Waals surface area contributed by atoms with E-state index in [-0.39, 0.29) is 5.91 Å². The van der Waals surface area contributed by atoms with E-state index in [1.54, 1.807) is 30.3 Å². The molecule has 0 unspecified atom stereocenters. The third-order valence-corrected chi connectivity index (χ3v) is 2.11. The van der Waals surface area contributed by atoms with Crippen molar-refractivity contribution in [1.29, 1.82) is 0 Å². The van der Waals surface area contributed by atoms with Gasteiger partial charge in [-0.15, -0.1) is 0 Å². The Morgan fingerprint density at radius 2 is 2.06 bits per heavy atom. The minimum absolute atomic E-state index is 0.102. The lowest BCUT2D eigenvalue weighted by atomic mass is 10.2. The van der Waals surface area contributed by atoms with Crippen molar-refractivity contribution in [3.63, 3.8) is 0 Å². The highest BCUT2D eigenvalue weighted by Gasteiger charge is 2.03. The number of nitrogens with two attached hydrogens (primary N) is 1. The van der Waals surface area contributed by atoms with Gasteiger partial charge in [0, 0.05) is 18.7 Å². The molecule has 0 aliphatic rings. The monoisotopic (exact) mass is 234 g/mol. The number of carbonyl (C=O) groups is 1. The molecule has 0 spiro atoms. The Labute approximate surface area is 101 Å². The summed E-state index contributed by atoms with van der Waals surface area (Å²) in [5.41, 5.74) is 5.91. The zero-order valence-corrected chi connectivity index (χ0v) is 9.98. The molecule has 17 heavy (non-hydrogen) atoms. The Bertz CT molecular complexity index is 372. The van der Waals surface area contributed by atoms with E-state index in [4.69, 9.17) is 10.5 Å². The normalized spacial score (nSPS) is 10.5. The Balaban J connectivity index is 2.48. The fourth-order valence-electron chi connectivity index (χ4n) is 1.30. The zero-order chi connectivity index (χ0) is 12.5. The van der Waals surface area contributed by atoms with Gasteiger partial charge in [-0.2, -0.15) is 0 Å². The molecule has 92 valence electrons. The summed E-state index contributed by atoms with van der Waals surface area (Å²) in [4.78, 5) is 11.7. The van der Waals surface area contributed by atoms with Gasteiger partial charge in [-0.25, -0.2) is 0 Å². The highest BCUT2D eigenvalue weighted by atomic mass is 16.5. The number of carbonyl (C=O) groups excluding carboxylic acids is 1. The lowest BCUT2D eigenvalue weighted by molar-refractivity contribution is 0.0958. The van der Waals surface area contributed by atoms with Crippen LogP contribution in [0.2, 0.25) is 0 Å². The van der Waals surface area contributed by atoms with E-state index in [2.05, 4.69) is 5.32 Å². The van der Waals surface area contributed by atoms with E-state index in [0.717, 1.165) is 5.75 Å². The van der Waals surface area contributed by atoms with E-state index in [1.807, 2.05) is 13.0 Å². The number of amides is 1. The molecule has 0 fully saturated rings. The Hall–Kier alpha value is -1.81. The summed E-state index contributed by atoms with van der Waals surface area (Å²) in [5.74, 6) is 0.668. The maximum Gasteiger partial charge on any atom is 0.251 e. The van der Waals surface area contributed by atoms with Crippen LogP contribution in [-0.2, 0) is 0 Å². The van der Waals surface area contributed by atoms with E-state index < -0.39 is 0 Å². The summed E-state index contributed by atoms with van der Waals surface area (Å²) >= 11 is 0. The third-order valence-electron chi connectivity index (χ3n) is 2.11. The molecule has 0 atom stereocenters. The quantitative estimate of drug-likeness (QED) is 0.730. The van der Waals surface area contributed by atoms with Crippen LogP contribution in [-0.4, -0.2) is 25.6 Å². The lowest BCUT2D eigenvalue weighted by Gasteiger charge is -2.05. The molecule has 0 aliphatic heterocycles. The van der Waals surface area contributed by atoms with Gasteiger partial charge >= 0.3 is 0 Å². The van der Waals surface area contributed by atoms with Gasteiger partial charge in [0.15, 0.2) is 0 Å². The highest BCUT2D eigenvalue weighted by Crippen LogP contribution is 2.11. The van der Waals surface area contributed by atoms with Crippen molar-refractivity contribution in [3.05, 3.63) is 42.0 Å². The zero-order valence-electron chi connectivity index (χ0n) is 9.98. The third kappa shape index (κ3) is 4.70. The maximum atomic E-state index is 11.7. The van der Waals surface area contributed by atoms with Crippen LogP contribution in [0.3, 0.4) is 0 Å². The van der Waals surface area contributed by atoms with E-state index in [9.17, 15) is 4.79 Å². The van der Waals surface area contributed by atoms with Gasteiger partial charge in [0.05, 0.1) is 6.61 Å². The first-order chi connectivity index (χ1) is 8.27. The molecule has 1 rings (SSSR count). The number of hydrogen-bond acceptors (Lipinski definition) is 3. The van der Waals surface area contributed by atoms with Crippen molar-refractivity contribution in [3.8, 4) is 5.75 Å². The van der Waals surface area contributed by atoms with Gasteiger partial charge in [-0.1, -0.05) is 12.2 Å². The molecule has 1 aromatic carbocycles. The predicted molar refractivity (Wildman–Crippen MR) is 68.1 cm³/mol. The van der Waals surface area contributed by atoms with Crippen molar-refractivity contribution < 1.29 is 9.53 Å². The summed E-state index contributed by atoms with van der Waals surface area (Å²) in [5, 5.41) is 2.76. The first-order valence-corrected chi connectivity index (χ1v) is 5.64. The average Bonchev–Trinajstić information content (AvgIpc) is 2.36. The summed E-state index contributed by atoms with van der Waals surface area (Å²) < 4.78 is 5.30. The average molecular weight is 234 g/mol. The molecule has 0 heterocycles. The molecule has 1 aromatic rings. The van der Waals surface area contributed by atoms with Crippen LogP contribution in [0.25, 0.3) is 0 Å². The van der Waals surface area contributed by atoms with Gasteiger partial charge in [-0.05, 0) is 31.2 Å². The Morgan fingerprint density at radius 1 is 1.35 bits per heavy atom. The Morgan fingerprint density at radius 3 is 2.65 bits per heavy atom. The van der Waals surface area contributed by atoms with E-state index >= 15 is 0 Å². The van der Waals surface area contributed by atoms with Crippen LogP contribution in [0.4, 0.5) is 0 Å². The first-order valence-electron chi connectivity index (χ1n) is 5.64. The van der Waals surface area contributed by atoms with Crippen molar-refractivity contribution in [2.24, 2.45) is 5.73 Å². The topological polar surface area (TPSA) is 64.3 Å². The first kappa shape index (κ1) is 13.3. The molecule has 0 radical (unpaired) electrons. The second kappa shape index (κ2) is 7.46. The molecule has 0 saturated heterocycles. The van der Waals surface area contributed by atoms with Crippen molar-refractivity contribution in [1.82, 2.24) is 5.32 Å². The number of benzene rings is 1. The van der Waals surface area contributed by atoms with Gasteiger partial charge in [0.1, 0.15) is 5.75 Å². The second-order valence-corrected chi connectivity index (χ2v) is 3.37. The minimum Gasteiger partial charge on any atom is -0.494 e. The molecular weight excluding hydrogens is 216 g/mol. The van der Waals surface area contributed by atoms with Crippen LogP contribution in [0.5, 0.6) is 5.75 Å². The summed E-state index contributed by atoms with van der Waals surface area (Å²) in [6.07, 6.45) is 3.63. The summed E-state index contributed by atoms with van der Waals surface area (Å²) in [6.45, 7) is 3.52. The SMILES string of the molecule is CCOc1ccc(C(=O)NC/C=C/CN)cc1. The lowest BCUT2D eigenvalue weighted by Crippen LogP contribution is -2.23. The van der Waals surface area contributed by atoms with Gasteiger partial charge in [0.2, 0.25) is 0 Å².